The molecule has 0 aliphatic heterocycles. The van der Waals surface area contributed by atoms with Gasteiger partial charge in [0, 0.05) is 0 Å². The molecule has 0 aromatic heterocycles. The number of ether oxygens (including phenoxy) is 2. The first-order valence-corrected chi connectivity index (χ1v) is 4.87. The minimum atomic E-state index is -0.497. The lowest BCUT2D eigenvalue weighted by molar-refractivity contribution is 0.0597. The summed E-state index contributed by atoms with van der Waals surface area (Å²) >= 11 is 0. The summed E-state index contributed by atoms with van der Waals surface area (Å²) in [6.07, 6.45) is 0.739. The van der Waals surface area contributed by atoms with Gasteiger partial charge in [0.05, 0.1) is 19.8 Å². The average Bonchev–Trinajstić information content (AvgIpc) is 2.35. The van der Waals surface area contributed by atoms with E-state index in [4.69, 9.17) is 10.00 Å². The third-order valence-corrected chi connectivity index (χ3v) is 2.29. The summed E-state index contributed by atoms with van der Waals surface area (Å²) in [5.41, 5.74) is 1.54. The molecule has 0 aliphatic rings. The molecule has 0 aliphatic carbocycles. The molecular weight excluding hydrogens is 206 g/mol. The van der Waals surface area contributed by atoms with Gasteiger partial charge in [0.1, 0.15) is 11.6 Å². The van der Waals surface area contributed by atoms with Crippen LogP contribution in [0.25, 0.3) is 0 Å². The maximum absolute atomic E-state index is 11.5. The normalized spacial score (nSPS) is 9.38. The molecule has 0 fully saturated rings. The Morgan fingerprint density at radius 1 is 1.44 bits per heavy atom. The third-order valence-electron chi connectivity index (χ3n) is 2.29. The molecule has 4 nitrogen and oxygen atoms in total. The number of hydrogen-bond donors (Lipinski definition) is 0. The van der Waals surface area contributed by atoms with Gasteiger partial charge < -0.3 is 9.47 Å². The maximum atomic E-state index is 11.5. The molecule has 0 saturated carbocycles. The van der Waals surface area contributed by atoms with Crippen molar-refractivity contribution in [1.82, 2.24) is 0 Å². The zero-order valence-electron chi connectivity index (χ0n) is 9.53. The number of hydrogen-bond acceptors (Lipinski definition) is 4. The van der Waals surface area contributed by atoms with Crippen LogP contribution in [0.2, 0.25) is 0 Å². The topological polar surface area (TPSA) is 59.3 Å². The molecule has 1 aromatic rings. The molecule has 0 saturated heterocycles. The van der Waals surface area contributed by atoms with Gasteiger partial charge in [-0.15, -0.1) is 0 Å². The number of methoxy groups -OCH3 is 2. The minimum Gasteiger partial charge on any atom is -0.494 e. The highest BCUT2D eigenvalue weighted by Gasteiger charge is 2.17. The lowest BCUT2D eigenvalue weighted by Crippen LogP contribution is -2.06. The number of carbonyl (C=O) groups is 1. The van der Waals surface area contributed by atoms with Gasteiger partial charge in [-0.05, 0) is 24.1 Å². The fourth-order valence-corrected chi connectivity index (χ4v) is 1.46. The first kappa shape index (κ1) is 12.1. The molecule has 0 spiro atoms. The average molecular weight is 219 g/mol. The van der Waals surface area contributed by atoms with E-state index in [0.717, 1.165) is 12.0 Å². The quantitative estimate of drug-likeness (QED) is 0.728. The van der Waals surface area contributed by atoms with E-state index in [-0.39, 0.29) is 5.75 Å². The van der Waals surface area contributed by atoms with E-state index in [0.29, 0.717) is 11.1 Å². The molecule has 0 heterocycles. The molecule has 0 N–H and O–H groups in total. The molecule has 1 aromatic carbocycles. The van der Waals surface area contributed by atoms with Crippen molar-refractivity contribution in [1.29, 1.82) is 5.26 Å². The van der Waals surface area contributed by atoms with Crippen LogP contribution in [0.3, 0.4) is 0 Å². The van der Waals surface area contributed by atoms with Crippen molar-refractivity contribution in [3.63, 3.8) is 0 Å². The van der Waals surface area contributed by atoms with Crippen molar-refractivity contribution >= 4 is 5.97 Å². The summed E-state index contributed by atoms with van der Waals surface area (Å²) in [5.74, 6) is -0.227. The minimum absolute atomic E-state index is 0.270. The Labute approximate surface area is 94.4 Å². The summed E-state index contributed by atoms with van der Waals surface area (Å²) in [6, 6.07) is 5.41. The van der Waals surface area contributed by atoms with Crippen LogP contribution in [0.4, 0.5) is 0 Å². The summed E-state index contributed by atoms with van der Waals surface area (Å²) in [6.45, 7) is 1.95. The Hall–Kier alpha value is -2.02. The highest BCUT2D eigenvalue weighted by Crippen LogP contribution is 2.26. The summed E-state index contributed by atoms with van der Waals surface area (Å²) < 4.78 is 9.72. The van der Waals surface area contributed by atoms with E-state index in [1.54, 1.807) is 12.1 Å². The Bertz CT molecular complexity index is 446. The first-order valence-electron chi connectivity index (χ1n) is 4.87. The van der Waals surface area contributed by atoms with Gasteiger partial charge in [-0.3, -0.25) is 0 Å². The number of nitriles is 1. The molecule has 16 heavy (non-hydrogen) atoms. The number of benzene rings is 1. The molecule has 0 amide bonds. The molecule has 0 radical (unpaired) electrons. The van der Waals surface area contributed by atoms with E-state index >= 15 is 0 Å². The van der Waals surface area contributed by atoms with Gasteiger partial charge >= 0.3 is 5.97 Å². The van der Waals surface area contributed by atoms with Crippen LogP contribution in [0.1, 0.15) is 28.4 Å². The molecule has 1 rings (SSSR count). The standard InChI is InChI=1S/C12H13NO3/c1-4-8-5-9(7-13)11(15-2)10(6-8)12(14)16-3/h5-6H,4H2,1-3H3. The molecule has 4 heteroatoms. The Balaban J connectivity index is 3.44. The van der Waals surface area contributed by atoms with Crippen LogP contribution in [0, 0.1) is 11.3 Å². The maximum Gasteiger partial charge on any atom is 0.341 e. The van der Waals surface area contributed by atoms with Gasteiger partial charge in [-0.1, -0.05) is 6.92 Å². The van der Waals surface area contributed by atoms with E-state index in [9.17, 15) is 4.79 Å². The van der Waals surface area contributed by atoms with Gasteiger partial charge in [-0.2, -0.15) is 5.26 Å². The van der Waals surface area contributed by atoms with Gasteiger partial charge in [0.15, 0.2) is 5.75 Å². The van der Waals surface area contributed by atoms with Gasteiger partial charge in [0.2, 0.25) is 0 Å². The van der Waals surface area contributed by atoms with Crippen molar-refractivity contribution in [3.05, 3.63) is 28.8 Å². The molecular formula is C12H13NO3. The summed E-state index contributed by atoms with van der Waals surface area (Å²) in [5, 5.41) is 8.97. The molecule has 0 unspecified atom stereocenters. The second-order valence-corrected chi connectivity index (χ2v) is 3.18. The predicted molar refractivity (Wildman–Crippen MR) is 58.4 cm³/mol. The predicted octanol–water partition coefficient (Wildman–Crippen LogP) is 1.92. The number of esters is 1. The van der Waals surface area contributed by atoms with Crippen LogP contribution in [0.5, 0.6) is 5.75 Å². The van der Waals surface area contributed by atoms with E-state index < -0.39 is 5.97 Å². The van der Waals surface area contributed by atoms with E-state index in [2.05, 4.69) is 4.74 Å². The largest absolute Gasteiger partial charge is 0.494 e. The van der Waals surface area contributed by atoms with Crippen molar-refractivity contribution in [3.8, 4) is 11.8 Å². The highest BCUT2D eigenvalue weighted by molar-refractivity contribution is 5.93. The Morgan fingerprint density at radius 3 is 2.56 bits per heavy atom. The Kier molecular flexibility index (Phi) is 3.90. The van der Waals surface area contributed by atoms with Gasteiger partial charge in [-0.25, -0.2) is 4.79 Å². The number of rotatable bonds is 3. The highest BCUT2D eigenvalue weighted by atomic mass is 16.5. The van der Waals surface area contributed by atoms with Crippen molar-refractivity contribution in [2.24, 2.45) is 0 Å². The number of carbonyl (C=O) groups excluding carboxylic acids is 1. The molecule has 84 valence electrons. The fraction of sp³-hybridized carbons (Fsp3) is 0.333. The van der Waals surface area contributed by atoms with Crippen LogP contribution >= 0.6 is 0 Å². The zero-order valence-corrected chi connectivity index (χ0v) is 9.53. The van der Waals surface area contributed by atoms with Crippen LogP contribution in [-0.2, 0) is 11.2 Å². The number of nitrogens with zero attached hydrogens (tertiary/aromatic N) is 1. The van der Waals surface area contributed by atoms with E-state index in [1.807, 2.05) is 13.0 Å². The molecule has 0 bridgehead atoms. The fourth-order valence-electron chi connectivity index (χ4n) is 1.46. The summed E-state index contributed by atoms with van der Waals surface area (Å²) in [7, 11) is 2.72. The van der Waals surface area contributed by atoms with Crippen molar-refractivity contribution in [2.75, 3.05) is 14.2 Å². The second-order valence-electron chi connectivity index (χ2n) is 3.18. The van der Waals surface area contributed by atoms with Crippen LogP contribution in [-0.4, -0.2) is 20.2 Å². The van der Waals surface area contributed by atoms with Crippen molar-refractivity contribution < 1.29 is 14.3 Å². The van der Waals surface area contributed by atoms with E-state index in [1.165, 1.54) is 14.2 Å². The second kappa shape index (κ2) is 5.17. The first-order chi connectivity index (χ1) is 7.67. The zero-order chi connectivity index (χ0) is 12.1. The monoisotopic (exact) mass is 219 g/mol. The van der Waals surface area contributed by atoms with Crippen LogP contribution < -0.4 is 4.74 Å². The smallest absolute Gasteiger partial charge is 0.341 e. The van der Waals surface area contributed by atoms with Crippen molar-refractivity contribution in [2.45, 2.75) is 13.3 Å². The summed E-state index contributed by atoms with van der Waals surface area (Å²) in [4.78, 5) is 11.5. The molecule has 0 atom stereocenters. The third kappa shape index (κ3) is 2.14. The number of aryl methyl sites for hydroxylation is 1. The van der Waals surface area contributed by atoms with Gasteiger partial charge in [0.25, 0.3) is 0 Å². The Morgan fingerprint density at radius 2 is 2.12 bits per heavy atom. The lowest BCUT2D eigenvalue weighted by Gasteiger charge is -2.10. The van der Waals surface area contributed by atoms with Crippen LogP contribution in [0.15, 0.2) is 12.1 Å². The lowest BCUT2D eigenvalue weighted by atomic mass is 10.0. The SMILES string of the molecule is CCc1cc(C#N)c(OC)c(C(=O)OC)c1.